The normalized spacial score (nSPS) is 16.9. The smallest absolute Gasteiger partial charge is 0.274 e. The monoisotopic (exact) mass is 261 g/mol. The minimum atomic E-state index is -0.248. The summed E-state index contributed by atoms with van der Waals surface area (Å²) in [6.07, 6.45) is 3.26. The van der Waals surface area contributed by atoms with Crippen molar-refractivity contribution in [2.24, 2.45) is 0 Å². The Labute approximate surface area is 110 Å². The van der Waals surface area contributed by atoms with E-state index in [-0.39, 0.29) is 11.9 Å². The maximum atomic E-state index is 12.0. The Balaban J connectivity index is 1.65. The van der Waals surface area contributed by atoms with Gasteiger partial charge in [0.05, 0.1) is 24.5 Å². The van der Waals surface area contributed by atoms with Crippen LogP contribution in [0.15, 0.2) is 29.0 Å². The zero-order valence-corrected chi connectivity index (χ0v) is 10.5. The second kappa shape index (κ2) is 4.85. The van der Waals surface area contributed by atoms with Gasteiger partial charge in [0.25, 0.3) is 5.91 Å². The summed E-state index contributed by atoms with van der Waals surface area (Å²) < 4.78 is 6.96. The Bertz CT molecular complexity index is 558. The van der Waals surface area contributed by atoms with Gasteiger partial charge < -0.3 is 15.1 Å². The number of carbonyl (C=O) groups is 1. The first-order valence-corrected chi connectivity index (χ1v) is 6.21. The molecule has 2 aromatic rings. The molecule has 0 radical (unpaired) electrons. The molecule has 100 valence electrons. The van der Waals surface area contributed by atoms with Gasteiger partial charge in [-0.1, -0.05) is 5.21 Å². The van der Waals surface area contributed by atoms with Crippen molar-refractivity contribution in [1.82, 2.24) is 25.6 Å². The van der Waals surface area contributed by atoms with Crippen molar-refractivity contribution in [2.45, 2.75) is 19.0 Å². The third kappa shape index (κ3) is 2.37. The largest absolute Gasteiger partial charge is 0.467 e. The molecule has 1 aliphatic rings. The molecule has 1 saturated heterocycles. The van der Waals surface area contributed by atoms with E-state index in [1.165, 1.54) is 0 Å². The highest BCUT2D eigenvalue weighted by atomic mass is 16.3. The predicted octanol–water partition coefficient (Wildman–Crippen LogP) is 0.506. The van der Waals surface area contributed by atoms with Crippen LogP contribution in [0.3, 0.4) is 0 Å². The molecule has 1 fully saturated rings. The van der Waals surface area contributed by atoms with Gasteiger partial charge in [0.2, 0.25) is 0 Å². The lowest BCUT2D eigenvalue weighted by Gasteiger charge is -2.26. The SMILES string of the molecule is CC(NC(=O)c1cn(C2CNC2)nn1)c1ccco1. The van der Waals surface area contributed by atoms with Gasteiger partial charge in [-0.3, -0.25) is 4.79 Å². The summed E-state index contributed by atoms with van der Waals surface area (Å²) in [7, 11) is 0. The number of furan rings is 1. The standard InChI is InChI=1S/C12H15N5O2/c1-8(11-3-2-4-19-11)14-12(18)10-7-17(16-15-10)9-5-13-6-9/h2-4,7-9,13H,5-6H2,1H3,(H,14,18). The van der Waals surface area contributed by atoms with Gasteiger partial charge in [0, 0.05) is 13.1 Å². The minimum Gasteiger partial charge on any atom is -0.467 e. The minimum absolute atomic E-state index is 0.196. The fourth-order valence-corrected chi connectivity index (χ4v) is 1.90. The molecule has 3 heterocycles. The van der Waals surface area contributed by atoms with E-state index >= 15 is 0 Å². The zero-order chi connectivity index (χ0) is 13.2. The number of nitrogens with zero attached hydrogens (tertiary/aromatic N) is 3. The van der Waals surface area contributed by atoms with E-state index in [0.29, 0.717) is 17.5 Å². The van der Waals surface area contributed by atoms with Gasteiger partial charge in [-0.15, -0.1) is 5.10 Å². The molecule has 19 heavy (non-hydrogen) atoms. The Kier molecular flexibility index (Phi) is 3.04. The molecule has 1 amide bonds. The molecule has 3 rings (SSSR count). The van der Waals surface area contributed by atoms with Gasteiger partial charge >= 0.3 is 0 Å². The fourth-order valence-electron chi connectivity index (χ4n) is 1.90. The van der Waals surface area contributed by atoms with E-state index in [2.05, 4.69) is 20.9 Å². The van der Waals surface area contributed by atoms with Gasteiger partial charge in [-0.2, -0.15) is 0 Å². The summed E-state index contributed by atoms with van der Waals surface area (Å²) in [6.45, 7) is 3.59. The second-order valence-electron chi connectivity index (χ2n) is 4.61. The van der Waals surface area contributed by atoms with Crippen LogP contribution in [0.1, 0.15) is 35.3 Å². The number of nitrogens with one attached hydrogen (secondary N) is 2. The number of aromatic nitrogens is 3. The molecule has 1 atom stereocenters. The fraction of sp³-hybridized carbons (Fsp3) is 0.417. The molecule has 0 saturated carbocycles. The average molecular weight is 261 g/mol. The summed E-state index contributed by atoms with van der Waals surface area (Å²) in [5.74, 6) is 0.464. The Morgan fingerprint density at radius 3 is 3.11 bits per heavy atom. The molecule has 0 bridgehead atoms. The van der Waals surface area contributed by atoms with E-state index in [9.17, 15) is 4.79 Å². The molecule has 2 aromatic heterocycles. The van der Waals surface area contributed by atoms with E-state index in [0.717, 1.165) is 13.1 Å². The van der Waals surface area contributed by atoms with Crippen LogP contribution in [0.5, 0.6) is 0 Å². The van der Waals surface area contributed by atoms with Crippen molar-refractivity contribution >= 4 is 5.91 Å². The Morgan fingerprint density at radius 2 is 2.47 bits per heavy atom. The zero-order valence-electron chi connectivity index (χ0n) is 10.5. The van der Waals surface area contributed by atoms with Crippen molar-refractivity contribution in [1.29, 1.82) is 0 Å². The highest BCUT2D eigenvalue weighted by Gasteiger charge is 2.22. The predicted molar refractivity (Wildman–Crippen MR) is 66.5 cm³/mol. The first-order chi connectivity index (χ1) is 9.24. The van der Waals surface area contributed by atoms with Gasteiger partial charge in [0.1, 0.15) is 5.76 Å². The molecule has 1 aliphatic heterocycles. The summed E-state index contributed by atoms with van der Waals surface area (Å²) in [4.78, 5) is 12.0. The van der Waals surface area contributed by atoms with Crippen molar-refractivity contribution in [2.75, 3.05) is 13.1 Å². The summed E-state index contributed by atoms with van der Waals surface area (Å²) >= 11 is 0. The van der Waals surface area contributed by atoms with E-state index in [4.69, 9.17) is 4.42 Å². The number of rotatable bonds is 4. The molecular formula is C12H15N5O2. The highest BCUT2D eigenvalue weighted by Crippen LogP contribution is 2.14. The maximum absolute atomic E-state index is 12.0. The molecule has 7 nitrogen and oxygen atoms in total. The third-order valence-electron chi connectivity index (χ3n) is 3.19. The van der Waals surface area contributed by atoms with Gasteiger partial charge in [0.15, 0.2) is 5.69 Å². The highest BCUT2D eigenvalue weighted by molar-refractivity contribution is 5.92. The van der Waals surface area contributed by atoms with Crippen LogP contribution in [0.25, 0.3) is 0 Å². The van der Waals surface area contributed by atoms with Crippen LogP contribution >= 0.6 is 0 Å². The first-order valence-electron chi connectivity index (χ1n) is 6.21. The number of hydrogen-bond donors (Lipinski definition) is 2. The quantitative estimate of drug-likeness (QED) is 0.837. The molecular weight excluding hydrogens is 246 g/mol. The number of hydrogen-bond acceptors (Lipinski definition) is 5. The van der Waals surface area contributed by atoms with E-state index in [1.807, 2.05) is 13.0 Å². The van der Waals surface area contributed by atoms with Crippen LogP contribution in [0.2, 0.25) is 0 Å². The van der Waals surface area contributed by atoms with Gasteiger partial charge in [-0.25, -0.2) is 4.68 Å². The third-order valence-corrected chi connectivity index (χ3v) is 3.19. The van der Waals surface area contributed by atoms with E-state index < -0.39 is 0 Å². The summed E-state index contributed by atoms with van der Waals surface area (Å²) in [5, 5.41) is 13.8. The Morgan fingerprint density at radius 1 is 1.63 bits per heavy atom. The van der Waals surface area contributed by atoms with Crippen molar-refractivity contribution < 1.29 is 9.21 Å². The van der Waals surface area contributed by atoms with Crippen LogP contribution in [-0.4, -0.2) is 34.0 Å². The second-order valence-corrected chi connectivity index (χ2v) is 4.61. The van der Waals surface area contributed by atoms with Crippen molar-refractivity contribution in [3.8, 4) is 0 Å². The van der Waals surface area contributed by atoms with E-state index in [1.54, 1.807) is 23.2 Å². The topological polar surface area (TPSA) is 85.0 Å². The summed E-state index contributed by atoms with van der Waals surface area (Å²) in [5.41, 5.74) is 0.324. The summed E-state index contributed by atoms with van der Waals surface area (Å²) in [6, 6.07) is 3.72. The molecule has 0 aromatic carbocycles. The maximum Gasteiger partial charge on any atom is 0.274 e. The van der Waals surface area contributed by atoms with Crippen molar-refractivity contribution in [3.05, 3.63) is 36.0 Å². The van der Waals surface area contributed by atoms with Crippen molar-refractivity contribution in [3.63, 3.8) is 0 Å². The average Bonchev–Trinajstić information content (AvgIpc) is 2.97. The lowest BCUT2D eigenvalue weighted by molar-refractivity contribution is 0.0930. The van der Waals surface area contributed by atoms with Crippen LogP contribution in [0.4, 0.5) is 0 Å². The lowest BCUT2D eigenvalue weighted by Crippen LogP contribution is -2.43. The molecule has 2 N–H and O–H groups in total. The number of amides is 1. The van der Waals surface area contributed by atoms with Gasteiger partial charge in [-0.05, 0) is 19.1 Å². The first kappa shape index (κ1) is 11.9. The molecule has 0 spiro atoms. The molecule has 0 aliphatic carbocycles. The lowest BCUT2D eigenvalue weighted by atomic mass is 10.2. The van der Waals surface area contributed by atoms with Crippen LogP contribution in [0, 0.1) is 0 Å². The molecule has 7 heteroatoms. The van der Waals surface area contributed by atoms with Crippen LogP contribution < -0.4 is 10.6 Å². The van der Waals surface area contributed by atoms with Crippen LogP contribution in [-0.2, 0) is 0 Å². The number of carbonyl (C=O) groups excluding carboxylic acids is 1. The molecule has 1 unspecified atom stereocenters. The Hall–Kier alpha value is -2.15.